The van der Waals surface area contributed by atoms with E-state index in [4.69, 9.17) is 4.74 Å². The topological polar surface area (TPSA) is 9.23 Å². The standard InChI is InChI=1S/C20H24OS/c1-19(2,3)15-11-12-17-16(13-15)18(20(4,21-17)22-5)14-9-7-6-8-10-14/h6-13,18H,1-5H3/t18-,20+/m1/s1. The van der Waals surface area contributed by atoms with E-state index in [2.05, 4.69) is 82.5 Å². The maximum absolute atomic E-state index is 6.34. The van der Waals surface area contributed by atoms with Crippen molar-refractivity contribution in [1.29, 1.82) is 0 Å². The largest absolute Gasteiger partial charge is 0.476 e. The molecule has 0 spiro atoms. The summed E-state index contributed by atoms with van der Waals surface area (Å²) in [5.74, 6) is 1.29. The third-order valence-corrected chi connectivity index (χ3v) is 5.69. The highest BCUT2D eigenvalue weighted by Crippen LogP contribution is 2.53. The summed E-state index contributed by atoms with van der Waals surface area (Å²) in [5.41, 5.74) is 4.15. The number of thioether (sulfide) groups is 1. The first-order valence-corrected chi connectivity index (χ1v) is 9.01. The Morgan fingerprint density at radius 3 is 2.32 bits per heavy atom. The van der Waals surface area contributed by atoms with Crippen molar-refractivity contribution in [3.8, 4) is 5.75 Å². The summed E-state index contributed by atoms with van der Waals surface area (Å²) < 4.78 is 6.34. The fourth-order valence-corrected chi connectivity index (χ4v) is 3.85. The van der Waals surface area contributed by atoms with Crippen LogP contribution in [0.25, 0.3) is 0 Å². The van der Waals surface area contributed by atoms with Gasteiger partial charge < -0.3 is 4.74 Å². The molecular weight excluding hydrogens is 288 g/mol. The molecule has 0 saturated heterocycles. The van der Waals surface area contributed by atoms with Crippen LogP contribution >= 0.6 is 11.8 Å². The molecule has 2 aromatic rings. The van der Waals surface area contributed by atoms with Crippen LogP contribution in [0.15, 0.2) is 48.5 Å². The first-order chi connectivity index (χ1) is 10.3. The number of hydrogen-bond donors (Lipinski definition) is 0. The second-order valence-corrected chi connectivity index (χ2v) is 8.39. The number of hydrogen-bond acceptors (Lipinski definition) is 2. The first kappa shape index (κ1) is 15.5. The van der Waals surface area contributed by atoms with Crippen LogP contribution in [0.5, 0.6) is 5.75 Å². The SMILES string of the molecule is CS[C@]1(C)Oc2ccc(C(C)(C)C)cc2[C@H]1c1ccccc1. The third kappa shape index (κ3) is 2.54. The van der Waals surface area contributed by atoms with E-state index in [9.17, 15) is 0 Å². The van der Waals surface area contributed by atoms with E-state index in [1.54, 1.807) is 11.8 Å². The van der Waals surface area contributed by atoms with Gasteiger partial charge in [0.25, 0.3) is 0 Å². The molecule has 0 amide bonds. The summed E-state index contributed by atoms with van der Waals surface area (Å²) in [7, 11) is 0. The van der Waals surface area contributed by atoms with E-state index < -0.39 is 0 Å². The molecule has 0 aliphatic carbocycles. The van der Waals surface area contributed by atoms with E-state index in [0.29, 0.717) is 0 Å². The van der Waals surface area contributed by atoms with Crippen LogP contribution in [0.2, 0.25) is 0 Å². The van der Waals surface area contributed by atoms with Gasteiger partial charge >= 0.3 is 0 Å². The molecule has 0 fully saturated rings. The van der Waals surface area contributed by atoms with Crippen molar-refractivity contribution in [2.45, 2.75) is 44.0 Å². The smallest absolute Gasteiger partial charge is 0.162 e. The Bertz CT molecular complexity index is 672. The zero-order valence-electron chi connectivity index (χ0n) is 14.0. The molecule has 116 valence electrons. The quantitative estimate of drug-likeness (QED) is 0.715. The molecule has 22 heavy (non-hydrogen) atoms. The lowest BCUT2D eigenvalue weighted by Crippen LogP contribution is -2.30. The molecule has 0 radical (unpaired) electrons. The van der Waals surface area contributed by atoms with Crippen molar-refractivity contribution >= 4 is 11.8 Å². The van der Waals surface area contributed by atoms with Gasteiger partial charge in [0.1, 0.15) is 5.75 Å². The molecule has 0 unspecified atom stereocenters. The van der Waals surface area contributed by atoms with Gasteiger partial charge in [0.2, 0.25) is 0 Å². The van der Waals surface area contributed by atoms with E-state index in [1.807, 2.05) is 0 Å². The monoisotopic (exact) mass is 312 g/mol. The first-order valence-electron chi connectivity index (χ1n) is 7.79. The summed E-state index contributed by atoms with van der Waals surface area (Å²) in [6, 6.07) is 17.4. The highest BCUT2D eigenvalue weighted by Gasteiger charge is 2.45. The summed E-state index contributed by atoms with van der Waals surface area (Å²) in [5, 5.41) is 0. The van der Waals surface area contributed by atoms with Gasteiger partial charge in [-0.3, -0.25) is 0 Å². The van der Waals surface area contributed by atoms with E-state index in [1.165, 1.54) is 16.7 Å². The second kappa shape index (κ2) is 5.34. The Hall–Kier alpha value is -1.41. The minimum atomic E-state index is -0.250. The number of benzene rings is 2. The van der Waals surface area contributed by atoms with Gasteiger partial charge in [-0.2, -0.15) is 0 Å². The summed E-state index contributed by atoms with van der Waals surface area (Å²) in [6.45, 7) is 8.98. The van der Waals surface area contributed by atoms with Crippen LogP contribution in [-0.4, -0.2) is 11.2 Å². The Labute approximate surface area is 138 Å². The van der Waals surface area contributed by atoms with Gasteiger partial charge in [0.05, 0.1) is 5.92 Å². The maximum atomic E-state index is 6.34. The van der Waals surface area contributed by atoms with E-state index in [0.717, 1.165) is 5.75 Å². The van der Waals surface area contributed by atoms with Gasteiger partial charge in [-0.1, -0.05) is 63.2 Å². The van der Waals surface area contributed by atoms with Crippen LogP contribution in [0, 0.1) is 0 Å². The van der Waals surface area contributed by atoms with Crippen LogP contribution in [-0.2, 0) is 5.41 Å². The lowest BCUT2D eigenvalue weighted by molar-refractivity contribution is 0.202. The average molecular weight is 312 g/mol. The lowest BCUT2D eigenvalue weighted by Gasteiger charge is -2.29. The summed E-state index contributed by atoms with van der Waals surface area (Å²) in [4.78, 5) is -0.250. The number of fused-ring (bicyclic) bond motifs is 1. The summed E-state index contributed by atoms with van der Waals surface area (Å²) in [6.07, 6.45) is 2.13. The van der Waals surface area contributed by atoms with E-state index in [-0.39, 0.29) is 16.3 Å². The maximum Gasteiger partial charge on any atom is 0.162 e. The van der Waals surface area contributed by atoms with Crippen molar-refractivity contribution in [3.63, 3.8) is 0 Å². The zero-order valence-corrected chi connectivity index (χ0v) is 14.8. The predicted octanol–water partition coefficient (Wildman–Crippen LogP) is 5.59. The molecule has 0 aromatic heterocycles. The van der Waals surface area contributed by atoms with Crippen molar-refractivity contribution < 1.29 is 4.74 Å². The fraction of sp³-hybridized carbons (Fsp3) is 0.400. The molecule has 1 aliphatic heterocycles. The molecule has 1 nitrogen and oxygen atoms in total. The molecule has 2 atom stereocenters. The Morgan fingerprint density at radius 1 is 1.05 bits per heavy atom. The molecular formula is C20H24OS. The predicted molar refractivity (Wildman–Crippen MR) is 96.0 cm³/mol. The minimum Gasteiger partial charge on any atom is -0.476 e. The third-order valence-electron chi connectivity index (χ3n) is 4.56. The fourth-order valence-electron chi connectivity index (χ4n) is 3.18. The van der Waals surface area contributed by atoms with Crippen LogP contribution in [0.1, 0.15) is 50.3 Å². The average Bonchev–Trinajstić information content (AvgIpc) is 2.79. The Balaban J connectivity index is 2.16. The molecule has 1 heterocycles. The Kier molecular flexibility index (Phi) is 3.76. The molecule has 1 aliphatic rings. The van der Waals surface area contributed by atoms with Gasteiger partial charge in [-0.15, -0.1) is 11.8 Å². The van der Waals surface area contributed by atoms with Crippen molar-refractivity contribution in [2.24, 2.45) is 0 Å². The highest BCUT2D eigenvalue weighted by molar-refractivity contribution is 7.99. The number of rotatable bonds is 2. The molecule has 0 N–H and O–H groups in total. The normalized spacial score (nSPS) is 24.0. The van der Waals surface area contributed by atoms with Crippen LogP contribution in [0.4, 0.5) is 0 Å². The van der Waals surface area contributed by atoms with E-state index >= 15 is 0 Å². The van der Waals surface area contributed by atoms with Crippen molar-refractivity contribution in [3.05, 3.63) is 65.2 Å². The molecule has 0 bridgehead atoms. The lowest BCUT2D eigenvalue weighted by atomic mass is 9.82. The van der Waals surface area contributed by atoms with Crippen molar-refractivity contribution in [1.82, 2.24) is 0 Å². The van der Waals surface area contributed by atoms with Crippen molar-refractivity contribution in [2.75, 3.05) is 6.26 Å². The van der Waals surface area contributed by atoms with Crippen LogP contribution < -0.4 is 4.74 Å². The van der Waals surface area contributed by atoms with Gasteiger partial charge in [-0.05, 0) is 35.8 Å². The second-order valence-electron chi connectivity index (χ2n) is 7.17. The van der Waals surface area contributed by atoms with Gasteiger partial charge in [-0.25, -0.2) is 0 Å². The minimum absolute atomic E-state index is 0.147. The van der Waals surface area contributed by atoms with Gasteiger partial charge in [0, 0.05) is 5.56 Å². The zero-order chi connectivity index (χ0) is 16.0. The molecule has 2 aromatic carbocycles. The molecule has 3 rings (SSSR count). The van der Waals surface area contributed by atoms with Crippen LogP contribution in [0.3, 0.4) is 0 Å². The Morgan fingerprint density at radius 2 is 1.73 bits per heavy atom. The molecule has 0 saturated carbocycles. The van der Waals surface area contributed by atoms with Gasteiger partial charge in [0.15, 0.2) is 4.93 Å². The molecule has 2 heteroatoms. The summed E-state index contributed by atoms with van der Waals surface area (Å²) >= 11 is 1.79. The number of ether oxygens (including phenoxy) is 1. The highest BCUT2D eigenvalue weighted by atomic mass is 32.2.